The van der Waals surface area contributed by atoms with E-state index < -0.39 is 17.9 Å². The average molecular weight is 416 g/mol. The Bertz CT molecular complexity index is 914. The van der Waals surface area contributed by atoms with Crippen LogP contribution in [0.25, 0.3) is 0 Å². The highest BCUT2D eigenvalue weighted by molar-refractivity contribution is 7.99. The number of hydrogen-bond donors (Lipinski definition) is 2. The van der Waals surface area contributed by atoms with Crippen LogP contribution < -0.4 is 11.2 Å². The molecule has 1 aliphatic carbocycles. The number of nitriles is 1. The Kier molecular flexibility index (Phi) is 5.34. The molecule has 1 aliphatic rings. The molecule has 0 aliphatic heterocycles. The van der Waals surface area contributed by atoms with Crippen molar-refractivity contribution in [3.63, 3.8) is 0 Å². The molecule has 0 fully saturated rings. The number of nitrogen functional groups attached to an aromatic ring is 1. The van der Waals surface area contributed by atoms with Gasteiger partial charge in [-0.15, -0.1) is 21.5 Å². The van der Waals surface area contributed by atoms with Gasteiger partial charge in [0.1, 0.15) is 11.1 Å². The number of carbonyl (C=O) groups excluding carboxylic acids is 1. The van der Waals surface area contributed by atoms with Crippen molar-refractivity contribution < 1.29 is 18.0 Å². The van der Waals surface area contributed by atoms with E-state index in [4.69, 9.17) is 5.84 Å². The van der Waals surface area contributed by atoms with Crippen LogP contribution in [0.1, 0.15) is 35.2 Å². The Balaban J connectivity index is 1.67. The number of carbonyl (C=O) groups is 1. The molecule has 3 rings (SSSR count). The number of aromatic nitrogens is 3. The zero-order chi connectivity index (χ0) is 19.8. The van der Waals surface area contributed by atoms with Crippen molar-refractivity contribution >= 4 is 34.0 Å². The third-order valence-corrected chi connectivity index (χ3v) is 6.24. The molecule has 7 nitrogen and oxygen atoms in total. The molecule has 2 aromatic heterocycles. The minimum atomic E-state index is -4.72. The van der Waals surface area contributed by atoms with Gasteiger partial charge in [0.2, 0.25) is 11.1 Å². The fourth-order valence-electron chi connectivity index (χ4n) is 2.82. The molecule has 3 N–H and O–H groups in total. The maximum absolute atomic E-state index is 12.7. The topological polar surface area (TPSA) is 110 Å². The van der Waals surface area contributed by atoms with Crippen molar-refractivity contribution in [2.24, 2.45) is 5.92 Å². The van der Waals surface area contributed by atoms with Crippen molar-refractivity contribution in [1.29, 1.82) is 5.26 Å². The minimum absolute atomic E-state index is 0.211. The molecule has 0 aromatic carbocycles. The first-order valence-electron chi connectivity index (χ1n) is 7.95. The highest BCUT2D eigenvalue weighted by Crippen LogP contribution is 2.39. The third-order valence-electron chi connectivity index (χ3n) is 4.13. The van der Waals surface area contributed by atoms with Crippen LogP contribution in [0.4, 0.5) is 18.2 Å². The van der Waals surface area contributed by atoms with Crippen molar-refractivity contribution in [2.45, 2.75) is 37.5 Å². The van der Waals surface area contributed by atoms with E-state index in [2.05, 4.69) is 28.5 Å². The van der Waals surface area contributed by atoms with Crippen molar-refractivity contribution in [3.8, 4) is 6.07 Å². The summed E-state index contributed by atoms with van der Waals surface area (Å²) in [4.78, 5) is 13.3. The molecule has 0 bridgehead atoms. The number of fused-ring (bicyclic) bond motifs is 1. The second kappa shape index (κ2) is 7.40. The minimum Gasteiger partial charge on any atom is -0.335 e. The lowest BCUT2D eigenvalue weighted by Gasteiger charge is -2.17. The molecule has 1 atom stereocenters. The second-order valence-corrected chi connectivity index (χ2v) is 8.23. The number of anilines is 1. The lowest BCUT2D eigenvalue weighted by molar-refractivity contribution is -0.146. The van der Waals surface area contributed by atoms with Crippen LogP contribution in [-0.4, -0.2) is 26.5 Å². The molecule has 0 saturated carbocycles. The van der Waals surface area contributed by atoms with Gasteiger partial charge in [-0.2, -0.15) is 18.4 Å². The Morgan fingerprint density at radius 1 is 1.52 bits per heavy atom. The summed E-state index contributed by atoms with van der Waals surface area (Å²) in [5, 5.41) is 18.7. The average Bonchev–Trinajstić information content (AvgIpc) is 3.11. The van der Waals surface area contributed by atoms with Gasteiger partial charge < -0.3 is 11.2 Å². The number of nitrogens with one attached hydrogen (secondary N) is 1. The van der Waals surface area contributed by atoms with E-state index in [9.17, 15) is 23.2 Å². The standard InChI is InChI=1S/C15H15F3N6OS2/c1-7-2-3-8-9(5-19)12(27-10(8)4-7)21-11(25)6-26-14-23-22-13(24(14)20)15(16,17)18/h7H,2-4,6,20H2,1H3,(H,21,25). The maximum atomic E-state index is 12.7. The Morgan fingerprint density at radius 3 is 2.89 bits per heavy atom. The van der Waals surface area contributed by atoms with Crippen molar-refractivity contribution in [2.75, 3.05) is 16.9 Å². The zero-order valence-corrected chi connectivity index (χ0v) is 15.8. The van der Waals surface area contributed by atoms with E-state index in [0.29, 0.717) is 21.2 Å². The summed E-state index contributed by atoms with van der Waals surface area (Å²) in [6.45, 7) is 2.14. The van der Waals surface area contributed by atoms with Gasteiger partial charge in [-0.05, 0) is 30.7 Å². The van der Waals surface area contributed by atoms with E-state index >= 15 is 0 Å². The number of thiophene rings is 1. The number of thioether (sulfide) groups is 1. The summed E-state index contributed by atoms with van der Waals surface area (Å²) in [5.41, 5.74) is 1.46. The van der Waals surface area contributed by atoms with Gasteiger partial charge in [0.05, 0.1) is 11.3 Å². The summed E-state index contributed by atoms with van der Waals surface area (Å²) in [7, 11) is 0. The van der Waals surface area contributed by atoms with Crippen LogP contribution in [0, 0.1) is 17.2 Å². The number of hydrogen-bond acceptors (Lipinski definition) is 7. The van der Waals surface area contributed by atoms with Crippen molar-refractivity contribution in [3.05, 3.63) is 21.8 Å². The highest BCUT2D eigenvalue weighted by atomic mass is 32.2. The normalized spacial score (nSPS) is 16.6. The van der Waals surface area contributed by atoms with E-state index in [-0.39, 0.29) is 10.9 Å². The second-order valence-electron chi connectivity index (χ2n) is 6.18. The highest BCUT2D eigenvalue weighted by Gasteiger charge is 2.38. The van der Waals surface area contributed by atoms with Crippen LogP contribution in [0.15, 0.2) is 5.16 Å². The lowest BCUT2D eigenvalue weighted by atomic mass is 9.89. The Labute approximate surface area is 160 Å². The first-order valence-corrected chi connectivity index (χ1v) is 9.75. The summed E-state index contributed by atoms with van der Waals surface area (Å²) in [6.07, 6.45) is -2.06. The van der Waals surface area contributed by atoms with E-state index in [1.165, 1.54) is 11.3 Å². The van der Waals surface area contributed by atoms with Gasteiger partial charge in [0, 0.05) is 4.88 Å². The maximum Gasteiger partial charge on any atom is 0.453 e. The SMILES string of the molecule is CC1CCc2c(sc(NC(=O)CSc3nnc(C(F)(F)F)n3N)c2C#N)C1. The first-order chi connectivity index (χ1) is 12.7. The van der Waals surface area contributed by atoms with Gasteiger partial charge in [-0.1, -0.05) is 18.7 Å². The molecular formula is C15H15F3N6OS2. The van der Waals surface area contributed by atoms with Crippen LogP contribution in [0.3, 0.4) is 0 Å². The number of nitrogens with zero attached hydrogens (tertiary/aromatic N) is 4. The lowest BCUT2D eigenvalue weighted by Crippen LogP contribution is -2.22. The number of amides is 1. The van der Waals surface area contributed by atoms with E-state index in [1.54, 1.807) is 0 Å². The predicted octanol–water partition coefficient (Wildman–Crippen LogP) is 2.80. The van der Waals surface area contributed by atoms with Crippen LogP contribution in [0.2, 0.25) is 0 Å². The van der Waals surface area contributed by atoms with Crippen molar-refractivity contribution in [1.82, 2.24) is 14.9 Å². The molecule has 0 spiro atoms. The number of halogens is 3. The van der Waals surface area contributed by atoms with Gasteiger partial charge in [0.25, 0.3) is 5.82 Å². The fraction of sp³-hybridized carbons (Fsp3) is 0.467. The molecule has 2 aromatic rings. The van der Waals surface area contributed by atoms with Gasteiger partial charge in [-0.25, -0.2) is 4.68 Å². The molecular weight excluding hydrogens is 401 g/mol. The van der Waals surface area contributed by atoms with Crippen LogP contribution in [-0.2, 0) is 23.8 Å². The molecule has 144 valence electrons. The van der Waals surface area contributed by atoms with E-state index in [1.807, 2.05) is 0 Å². The summed E-state index contributed by atoms with van der Waals surface area (Å²) < 4.78 is 38.3. The molecule has 1 unspecified atom stereocenters. The van der Waals surface area contributed by atoms with Gasteiger partial charge in [-0.3, -0.25) is 4.79 Å². The smallest absolute Gasteiger partial charge is 0.335 e. The Hall–Kier alpha value is -2.26. The fourth-order valence-corrected chi connectivity index (χ4v) is 4.85. The number of rotatable bonds is 4. The summed E-state index contributed by atoms with van der Waals surface area (Å²) in [6, 6.07) is 2.14. The van der Waals surface area contributed by atoms with E-state index in [0.717, 1.165) is 41.5 Å². The van der Waals surface area contributed by atoms with Crippen LogP contribution >= 0.6 is 23.1 Å². The summed E-state index contributed by atoms with van der Waals surface area (Å²) >= 11 is 2.11. The monoisotopic (exact) mass is 416 g/mol. The molecule has 1 amide bonds. The van der Waals surface area contributed by atoms with Gasteiger partial charge in [0.15, 0.2) is 0 Å². The van der Waals surface area contributed by atoms with Gasteiger partial charge >= 0.3 is 6.18 Å². The molecule has 27 heavy (non-hydrogen) atoms. The largest absolute Gasteiger partial charge is 0.453 e. The first kappa shape index (κ1) is 19.5. The Morgan fingerprint density at radius 2 is 2.26 bits per heavy atom. The van der Waals surface area contributed by atoms with Crippen LogP contribution in [0.5, 0.6) is 0 Å². The molecule has 2 heterocycles. The predicted molar refractivity (Wildman–Crippen MR) is 94.8 cm³/mol. The molecule has 12 heteroatoms. The molecule has 0 radical (unpaired) electrons. The summed E-state index contributed by atoms with van der Waals surface area (Å²) in [5.74, 6) is 3.85. The third kappa shape index (κ3) is 4.03. The number of nitrogens with two attached hydrogens (primary N) is 1. The zero-order valence-electron chi connectivity index (χ0n) is 14.1. The molecule has 0 saturated heterocycles. The quantitative estimate of drug-likeness (QED) is 0.586. The number of alkyl halides is 3.